The number of Topliss-reactive ketones (excluding diaryl/α,β-unsaturated/α-hetero) is 1. The summed E-state index contributed by atoms with van der Waals surface area (Å²) in [4.78, 5) is 11.9. The first-order valence-corrected chi connectivity index (χ1v) is 6.76. The number of halogens is 1. The minimum absolute atomic E-state index is 0.103. The number of nitrogens with zero attached hydrogens (tertiary/aromatic N) is 3. The molecule has 0 amide bonds. The second kappa shape index (κ2) is 4.09. The highest BCUT2D eigenvalue weighted by Crippen LogP contribution is 2.46. The van der Waals surface area contributed by atoms with Crippen LogP contribution in [0.1, 0.15) is 18.4 Å². The summed E-state index contributed by atoms with van der Waals surface area (Å²) in [5, 5.41) is 10.1. The molecule has 0 N–H and O–H groups in total. The predicted molar refractivity (Wildman–Crippen MR) is 67.3 cm³/mol. The van der Waals surface area contributed by atoms with Crippen LogP contribution in [-0.4, -0.2) is 35.1 Å². The van der Waals surface area contributed by atoms with E-state index >= 15 is 0 Å². The van der Waals surface area contributed by atoms with Crippen LogP contribution in [0.3, 0.4) is 0 Å². The van der Waals surface area contributed by atoms with E-state index in [1.165, 1.54) is 12.1 Å². The van der Waals surface area contributed by atoms with E-state index in [9.17, 15) is 9.18 Å². The zero-order valence-corrected chi connectivity index (χ0v) is 10.8. The molecule has 3 unspecified atom stereocenters. The molecule has 1 aliphatic carbocycles. The van der Waals surface area contributed by atoms with E-state index in [0.717, 1.165) is 12.0 Å². The number of rotatable bonds is 2. The Bertz CT molecular complexity index is 583. The van der Waals surface area contributed by atoms with Crippen LogP contribution in [-0.2, 0) is 16.1 Å². The average molecular weight is 275 g/mol. The Balaban J connectivity index is 1.58. The van der Waals surface area contributed by atoms with Crippen LogP contribution in [0.2, 0.25) is 0 Å². The molecular formula is C14H14FN3O2. The van der Waals surface area contributed by atoms with Gasteiger partial charge in [-0.25, -0.2) is 4.39 Å². The van der Waals surface area contributed by atoms with Crippen LogP contribution in [0, 0.1) is 5.82 Å². The number of carbonyl (C=O) groups excluding carboxylic acids is 1. The van der Waals surface area contributed by atoms with Crippen molar-refractivity contribution < 1.29 is 13.9 Å². The highest BCUT2D eigenvalue weighted by atomic mass is 19.1. The van der Waals surface area contributed by atoms with Gasteiger partial charge in [0.05, 0.1) is 13.2 Å². The average Bonchev–Trinajstić information content (AvgIpc) is 3.09. The van der Waals surface area contributed by atoms with Crippen molar-refractivity contribution in [2.45, 2.75) is 37.1 Å². The molecule has 104 valence electrons. The lowest BCUT2D eigenvalue weighted by Crippen LogP contribution is -2.53. The van der Waals surface area contributed by atoms with Gasteiger partial charge in [-0.05, 0) is 24.1 Å². The third-order valence-electron chi connectivity index (χ3n) is 4.35. The summed E-state index contributed by atoms with van der Waals surface area (Å²) in [6.45, 7) is 1.19. The van der Waals surface area contributed by atoms with E-state index in [4.69, 9.17) is 4.74 Å². The molecule has 0 aromatic heterocycles. The molecule has 20 heavy (non-hydrogen) atoms. The Kier molecular flexibility index (Phi) is 2.44. The van der Waals surface area contributed by atoms with Gasteiger partial charge < -0.3 is 4.74 Å². The number of ether oxygens (including phenoxy) is 1. The fourth-order valence-electron chi connectivity index (χ4n) is 3.15. The first-order chi connectivity index (χ1) is 9.68. The van der Waals surface area contributed by atoms with E-state index in [0.29, 0.717) is 19.6 Å². The first-order valence-electron chi connectivity index (χ1n) is 6.76. The highest BCUT2D eigenvalue weighted by Gasteiger charge is 2.62. The molecule has 2 aliphatic heterocycles. The van der Waals surface area contributed by atoms with Gasteiger partial charge in [-0.1, -0.05) is 17.4 Å². The Morgan fingerprint density at radius 2 is 2.15 bits per heavy atom. The van der Waals surface area contributed by atoms with Crippen LogP contribution in [0.15, 0.2) is 34.6 Å². The van der Waals surface area contributed by atoms with Crippen molar-refractivity contribution in [1.29, 1.82) is 0 Å². The fraction of sp³-hybridized carbons (Fsp3) is 0.500. The normalized spacial score (nSPS) is 34.6. The lowest BCUT2D eigenvalue weighted by molar-refractivity contribution is -0.124. The van der Waals surface area contributed by atoms with Crippen LogP contribution in [0.5, 0.6) is 0 Å². The monoisotopic (exact) mass is 275 g/mol. The molecule has 3 atom stereocenters. The highest BCUT2D eigenvalue weighted by molar-refractivity contribution is 5.86. The molecule has 1 saturated heterocycles. The third kappa shape index (κ3) is 1.75. The Morgan fingerprint density at radius 3 is 2.85 bits per heavy atom. The molecule has 6 heteroatoms. The van der Waals surface area contributed by atoms with Crippen molar-refractivity contribution in [1.82, 2.24) is 5.01 Å². The number of epoxide rings is 1. The summed E-state index contributed by atoms with van der Waals surface area (Å²) in [6.07, 6.45) is 1.27. The summed E-state index contributed by atoms with van der Waals surface area (Å²) in [5.41, 5.74) is 0.696. The zero-order valence-electron chi connectivity index (χ0n) is 10.8. The fourth-order valence-corrected chi connectivity index (χ4v) is 3.15. The van der Waals surface area contributed by atoms with Gasteiger partial charge in [0.25, 0.3) is 0 Å². The predicted octanol–water partition coefficient (Wildman–Crippen LogP) is 1.88. The minimum Gasteiger partial charge on any atom is -0.367 e. The molecule has 2 fully saturated rings. The standard InChI is InChI=1S/C14H14FN3O2/c15-10-3-1-9(2-4-10)7-18-13-12(16-17-18)11(19)5-6-14(13)8-20-14/h1-4,12-13H,5-8H2. The summed E-state index contributed by atoms with van der Waals surface area (Å²) < 4.78 is 18.5. The molecule has 0 bridgehead atoms. The van der Waals surface area contributed by atoms with Crippen LogP contribution in [0.4, 0.5) is 4.39 Å². The summed E-state index contributed by atoms with van der Waals surface area (Å²) in [6, 6.07) is 5.80. The van der Waals surface area contributed by atoms with Gasteiger partial charge in [0.15, 0.2) is 11.8 Å². The zero-order chi connectivity index (χ0) is 13.7. The maximum absolute atomic E-state index is 12.9. The van der Waals surface area contributed by atoms with E-state index < -0.39 is 6.04 Å². The van der Waals surface area contributed by atoms with Crippen molar-refractivity contribution in [2.75, 3.05) is 6.61 Å². The summed E-state index contributed by atoms with van der Waals surface area (Å²) in [7, 11) is 0. The second-order valence-corrected chi connectivity index (χ2v) is 5.64. The Hall–Kier alpha value is -1.82. The van der Waals surface area contributed by atoms with E-state index in [1.807, 2.05) is 5.01 Å². The molecule has 0 radical (unpaired) electrons. The van der Waals surface area contributed by atoms with Gasteiger partial charge in [0, 0.05) is 6.42 Å². The molecule has 5 nitrogen and oxygen atoms in total. The van der Waals surface area contributed by atoms with Gasteiger partial charge in [-0.3, -0.25) is 9.80 Å². The van der Waals surface area contributed by atoms with Crippen molar-refractivity contribution >= 4 is 5.78 Å². The van der Waals surface area contributed by atoms with Gasteiger partial charge in [0.1, 0.15) is 17.5 Å². The molecule has 3 aliphatic rings. The molecule has 1 spiro atoms. The molecule has 1 saturated carbocycles. The van der Waals surface area contributed by atoms with Crippen molar-refractivity contribution in [3.8, 4) is 0 Å². The molecule has 1 aromatic rings. The Labute approximate surface area is 115 Å². The minimum atomic E-state index is -0.397. The first kappa shape index (κ1) is 12.0. The molecular weight excluding hydrogens is 261 g/mol. The van der Waals surface area contributed by atoms with E-state index in [1.54, 1.807) is 12.1 Å². The van der Waals surface area contributed by atoms with Crippen molar-refractivity contribution in [2.24, 2.45) is 10.3 Å². The van der Waals surface area contributed by atoms with Crippen LogP contribution in [0.25, 0.3) is 0 Å². The maximum Gasteiger partial charge on any atom is 0.161 e. The maximum atomic E-state index is 12.9. The van der Waals surface area contributed by atoms with Crippen LogP contribution >= 0.6 is 0 Å². The molecule has 2 heterocycles. The van der Waals surface area contributed by atoms with Gasteiger partial charge in [0.2, 0.25) is 0 Å². The third-order valence-corrected chi connectivity index (χ3v) is 4.35. The second-order valence-electron chi connectivity index (χ2n) is 5.64. The van der Waals surface area contributed by atoms with Crippen LogP contribution < -0.4 is 0 Å². The lowest BCUT2D eigenvalue weighted by Gasteiger charge is -2.33. The number of hydrogen-bond acceptors (Lipinski definition) is 5. The number of fused-ring (bicyclic) bond motifs is 2. The smallest absolute Gasteiger partial charge is 0.161 e. The molecule has 4 rings (SSSR count). The summed E-state index contributed by atoms with van der Waals surface area (Å²) >= 11 is 0. The number of ketones is 1. The quantitative estimate of drug-likeness (QED) is 0.774. The SMILES string of the molecule is O=C1CCC2(CO2)C2C1N=NN2Cc1ccc(F)cc1. The van der Waals surface area contributed by atoms with E-state index in [2.05, 4.69) is 10.3 Å². The largest absolute Gasteiger partial charge is 0.367 e. The number of benzene rings is 1. The topological polar surface area (TPSA) is 57.6 Å². The van der Waals surface area contributed by atoms with E-state index in [-0.39, 0.29) is 23.2 Å². The van der Waals surface area contributed by atoms with Crippen molar-refractivity contribution in [3.63, 3.8) is 0 Å². The summed E-state index contributed by atoms with van der Waals surface area (Å²) in [5.74, 6) is -0.119. The number of carbonyl (C=O) groups is 1. The lowest BCUT2D eigenvalue weighted by atomic mass is 9.80. The van der Waals surface area contributed by atoms with Crippen molar-refractivity contribution in [3.05, 3.63) is 35.6 Å². The van der Waals surface area contributed by atoms with Gasteiger partial charge in [-0.2, -0.15) is 5.11 Å². The Morgan fingerprint density at radius 1 is 1.40 bits per heavy atom. The van der Waals surface area contributed by atoms with Gasteiger partial charge in [-0.15, -0.1) is 0 Å². The number of hydrogen-bond donors (Lipinski definition) is 0. The molecule has 1 aromatic carbocycles. The van der Waals surface area contributed by atoms with Gasteiger partial charge >= 0.3 is 0 Å².